The first-order valence-corrected chi connectivity index (χ1v) is 5.56. The molecular formula is C10H11ClN4O. The highest BCUT2D eigenvalue weighted by molar-refractivity contribution is 6.31. The summed E-state index contributed by atoms with van der Waals surface area (Å²) in [5.74, 6) is 0. The van der Waals surface area contributed by atoms with Gasteiger partial charge >= 0.3 is 0 Å². The van der Waals surface area contributed by atoms with Crippen molar-refractivity contribution in [1.29, 1.82) is 0 Å². The number of nitrogens with zero attached hydrogens (tertiary/aromatic N) is 3. The van der Waals surface area contributed by atoms with Gasteiger partial charge in [0.2, 0.25) is 0 Å². The first-order chi connectivity index (χ1) is 7.75. The number of fused-ring (bicyclic) bond motifs is 1. The summed E-state index contributed by atoms with van der Waals surface area (Å²) in [5, 5.41) is 13.6. The largest absolute Gasteiger partial charge is 0.480 e. The Kier molecular flexibility index (Phi) is 2.22. The van der Waals surface area contributed by atoms with Crippen LogP contribution in [-0.2, 0) is 0 Å². The van der Waals surface area contributed by atoms with E-state index in [0.29, 0.717) is 10.7 Å². The number of pyridine rings is 1. The second kappa shape index (κ2) is 3.61. The second-order valence-corrected chi connectivity index (χ2v) is 4.36. The van der Waals surface area contributed by atoms with Gasteiger partial charge in [0.05, 0.1) is 16.6 Å². The van der Waals surface area contributed by atoms with Gasteiger partial charge in [-0.25, -0.2) is 4.98 Å². The molecule has 2 aromatic rings. The van der Waals surface area contributed by atoms with Gasteiger partial charge in [-0.15, -0.1) is 0 Å². The summed E-state index contributed by atoms with van der Waals surface area (Å²) in [5.41, 5.74) is 1.33. The lowest BCUT2D eigenvalue weighted by atomic mass is 10.2. The Balaban J connectivity index is 2.20. The molecule has 1 aliphatic rings. The summed E-state index contributed by atoms with van der Waals surface area (Å²) in [7, 11) is 0. The van der Waals surface area contributed by atoms with Gasteiger partial charge in [0.25, 0.3) is 6.01 Å². The molecule has 84 valence electrons. The normalized spacial score (nSPS) is 20.7. The van der Waals surface area contributed by atoms with E-state index in [4.69, 9.17) is 11.6 Å². The zero-order chi connectivity index (χ0) is 11.1. The molecule has 0 saturated carbocycles. The van der Waals surface area contributed by atoms with Gasteiger partial charge in [-0.05, 0) is 19.0 Å². The van der Waals surface area contributed by atoms with Crippen molar-refractivity contribution in [2.45, 2.75) is 12.5 Å². The van der Waals surface area contributed by atoms with Crippen molar-refractivity contribution in [3.05, 3.63) is 17.3 Å². The Morgan fingerprint density at radius 3 is 3.19 bits per heavy atom. The summed E-state index contributed by atoms with van der Waals surface area (Å²) in [6.45, 7) is 1.79. The zero-order valence-electron chi connectivity index (χ0n) is 8.52. The molecule has 6 heteroatoms. The van der Waals surface area contributed by atoms with E-state index in [1.807, 2.05) is 0 Å². The van der Waals surface area contributed by atoms with E-state index in [9.17, 15) is 5.11 Å². The van der Waals surface area contributed by atoms with Gasteiger partial charge in [0.15, 0.2) is 5.65 Å². The summed E-state index contributed by atoms with van der Waals surface area (Å²) < 4.78 is 1.80. The van der Waals surface area contributed by atoms with Gasteiger partial charge in [-0.2, -0.15) is 4.98 Å². The minimum absolute atomic E-state index is 0.0125. The third-order valence-electron chi connectivity index (χ3n) is 2.89. The number of hydrogen-bond donors (Lipinski definition) is 2. The van der Waals surface area contributed by atoms with Crippen LogP contribution in [0.4, 0.5) is 0 Å². The first kappa shape index (κ1) is 9.86. The molecule has 5 nitrogen and oxygen atoms in total. The number of hydrogen-bond acceptors (Lipinski definition) is 4. The van der Waals surface area contributed by atoms with Crippen LogP contribution in [0, 0.1) is 0 Å². The molecule has 2 N–H and O–H groups in total. The Morgan fingerprint density at radius 2 is 2.44 bits per heavy atom. The third kappa shape index (κ3) is 1.44. The summed E-state index contributed by atoms with van der Waals surface area (Å²) >= 11 is 5.91. The minimum atomic E-state index is 0.0125. The highest BCUT2D eigenvalue weighted by Gasteiger charge is 2.22. The van der Waals surface area contributed by atoms with Crippen LogP contribution in [0.25, 0.3) is 11.2 Å². The summed E-state index contributed by atoms with van der Waals surface area (Å²) in [6, 6.07) is 2.03. The van der Waals surface area contributed by atoms with E-state index in [1.54, 1.807) is 10.6 Å². The van der Waals surface area contributed by atoms with E-state index in [2.05, 4.69) is 15.3 Å². The molecular weight excluding hydrogens is 228 g/mol. The molecule has 3 heterocycles. The van der Waals surface area contributed by atoms with Gasteiger partial charge in [-0.1, -0.05) is 11.6 Å². The summed E-state index contributed by atoms with van der Waals surface area (Å²) in [6.07, 6.45) is 2.51. The van der Waals surface area contributed by atoms with E-state index < -0.39 is 0 Å². The number of aromatic nitrogens is 3. The topological polar surface area (TPSA) is 63.0 Å². The highest BCUT2D eigenvalue weighted by atomic mass is 35.5. The summed E-state index contributed by atoms with van der Waals surface area (Å²) in [4.78, 5) is 8.11. The van der Waals surface area contributed by atoms with Gasteiger partial charge in [-0.3, -0.25) is 4.57 Å². The Labute approximate surface area is 97.1 Å². The third-order valence-corrected chi connectivity index (χ3v) is 3.10. The van der Waals surface area contributed by atoms with Crippen LogP contribution in [0.3, 0.4) is 0 Å². The van der Waals surface area contributed by atoms with E-state index in [-0.39, 0.29) is 12.1 Å². The molecule has 1 aliphatic heterocycles. The van der Waals surface area contributed by atoms with Crippen LogP contribution in [0.5, 0.6) is 6.01 Å². The molecule has 0 radical (unpaired) electrons. The molecule has 1 fully saturated rings. The fraction of sp³-hybridized carbons (Fsp3) is 0.400. The maximum absolute atomic E-state index is 9.83. The lowest BCUT2D eigenvalue weighted by Crippen LogP contribution is -2.12. The fourth-order valence-electron chi connectivity index (χ4n) is 2.16. The molecule has 16 heavy (non-hydrogen) atoms. The smallest absolute Gasteiger partial charge is 0.296 e. The second-order valence-electron chi connectivity index (χ2n) is 3.92. The molecule has 0 aromatic carbocycles. The number of rotatable bonds is 1. The maximum Gasteiger partial charge on any atom is 0.296 e. The minimum Gasteiger partial charge on any atom is -0.480 e. The van der Waals surface area contributed by atoms with Crippen LogP contribution < -0.4 is 5.32 Å². The zero-order valence-corrected chi connectivity index (χ0v) is 9.28. The molecule has 0 aliphatic carbocycles. The van der Waals surface area contributed by atoms with Crippen molar-refractivity contribution in [1.82, 2.24) is 19.9 Å². The SMILES string of the molecule is Oc1nc2ncc(Cl)cc2n1[C@H]1CCNC1. The monoisotopic (exact) mass is 238 g/mol. The van der Waals surface area contributed by atoms with Crippen LogP contribution in [-0.4, -0.2) is 32.7 Å². The lowest BCUT2D eigenvalue weighted by molar-refractivity contribution is 0.379. The molecule has 0 amide bonds. The Hall–Kier alpha value is -1.33. The fourth-order valence-corrected chi connectivity index (χ4v) is 2.31. The molecule has 1 atom stereocenters. The highest BCUT2D eigenvalue weighted by Crippen LogP contribution is 2.28. The van der Waals surface area contributed by atoms with E-state index >= 15 is 0 Å². The number of aromatic hydroxyl groups is 1. The van der Waals surface area contributed by atoms with Crippen LogP contribution in [0.15, 0.2) is 12.3 Å². The van der Waals surface area contributed by atoms with Crippen molar-refractivity contribution in [3.8, 4) is 6.01 Å². The standard InChI is InChI=1S/C10H11ClN4O/c11-6-3-8-9(13-4-6)14-10(16)15(8)7-1-2-12-5-7/h3-4,7,12H,1-2,5H2,(H,13,14,16)/t7-/m0/s1. The Bertz CT molecular complexity index is 533. The van der Waals surface area contributed by atoms with Gasteiger partial charge < -0.3 is 10.4 Å². The quantitative estimate of drug-likeness (QED) is 0.787. The van der Waals surface area contributed by atoms with Crippen molar-refractivity contribution in [2.24, 2.45) is 0 Å². The molecule has 1 saturated heterocycles. The van der Waals surface area contributed by atoms with Crippen molar-refractivity contribution in [3.63, 3.8) is 0 Å². The molecule has 2 aromatic heterocycles. The average molecular weight is 239 g/mol. The molecule has 0 spiro atoms. The van der Waals surface area contributed by atoms with Gasteiger partial charge in [0.1, 0.15) is 0 Å². The maximum atomic E-state index is 9.83. The average Bonchev–Trinajstić information content (AvgIpc) is 2.83. The predicted molar refractivity (Wildman–Crippen MR) is 60.7 cm³/mol. The number of imidazole rings is 1. The molecule has 0 unspecified atom stereocenters. The lowest BCUT2D eigenvalue weighted by Gasteiger charge is -2.12. The Morgan fingerprint density at radius 1 is 1.56 bits per heavy atom. The van der Waals surface area contributed by atoms with Crippen LogP contribution >= 0.6 is 11.6 Å². The molecule has 0 bridgehead atoms. The number of halogens is 1. The van der Waals surface area contributed by atoms with Crippen LogP contribution in [0.2, 0.25) is 5.02 Å². The molecule has 3 rings (SSSR count). The number of nitrogens with one attached hydrogen (secondary N) is 1. The van der Waals surface area contributed by atoms with Crippen LogP contribution in [0.1, 0.15) is 12.5 Å². The van der Waals surface area contributed by atoms with E-state index in [1.165, 1.54) is 6.20 Å². The first-order valence-electron chi connectivity index (χ1n) is 5.19. The van der Waals surface area contributed by atoms with E-state index in [0.717, 1.165) is 25.0 Å². The van der Waals surface area contributed by atoms with Gasteiger partial charge in [0, 0.05) is 12.7 Å². The van der Waals surface area contributed by atoms with Crippen molar-refractivity contribution < 1.29 is 5.11 Å². The van der Waals surface area contributed by atoms with Crippen molar-refractivity contribution >= 4 is 22.8 Å². The van der Waals surface area contributed by atoms with Crippen molar-refractivity contribution in [2.75, 3.05) is 13.1 Å². The predicted octanol–water partition coefficient (Wildman–Crippen LogP) is 1.32.